The zero-order valence-electron chi connectivity index (χ0n) is 21.0. The van der Waals surface area contributed by atoms with Gasteiger partial charge in [-0.15, -0.1) is 0 Å². The van der Waals surface area contributed by atoms with E-state index in [0.29, 0.717) is 12.8 Å². The Morgan fingerprint density at radius 1 is 0.971 bits per heavy atom. The summed E-state index contributed by atoms with van der Waals surface area (Å²) in [5, 5.41) is 12.1. The zero-order valence-corrected chi connectivity index (χ0v) is 21.0. The summed E-state index contributed by atoms with van der Waals surface area (Å²) in [5.41, 5.74) is 4.50. The van der Waals surface area contributed by atoms with Crippen molar-refractivity contribution in [1.29, 1.82) is 0 Å². The van der Waals surface area contributed by atoms with Crippen molar-refractivity contribution >= 4 is 18.0 Å². The molecular weight excluding hydrogens is 444 g/mol. The standard InChI is InChI=1S/C28H36N2O5/c1-5-18(3)15-25(27(33)30(16-26(31)32)19(4)6-2)29-28(34)35-17-24-22-13-9-7-11-20(22)21-12-8-10-14-23(21)24/h7-14,18-19,24-25H,5-6,15-17H2,1-4H3,(H,29,34)(H,31,32). The topological polar surface area (TPSA) is 95.9 Å². The van der Waals surface area contributed by atoms with Gasteiger partial charge in [0, 0.05) is 12.0 Å². The lowest BCUT2D eigenvalue weighted by atomic mass is 9.97. The molecule has 2 aromatic rings. The number of carbonyl (C=O) groups excluding carboxylic acids is 2. The molecule has 3 atom stereocenters. The van der Waals surface area contributed by atoms with E-state index in [2.05, 4.69) is 17.4 Å². The molecule has 7 nitrogen and oxygen atoms in total. The SMILES string of the molecule is CCC(C)CC(NC(=O)OCC1c2ccccc2-c2ccccc21)C(=O)N(CC(=O)O)C(C)CC. The van der Waals surface area contributed by atoms with E-state index in [0.717, 1.165) is 28.7 Å². The molecule has 0 saturated carbocycles. The van der Waals surface area contributed by atoms with Gasteiger partial charge in [-0.1, -0.05) is 75.7 Å². The number of carboxylic acid groups (broad SMARTS) is 1. The summed E-state index contributed by atoms with van der Waals surface area (Å²) in [7, 11) is 0. The smallest absolute Gasteiger partial charge is 0.407 e. The number of nitrogens with zero attached hydrogens (tertiary/aromatic N) is 1. The van der Waals surface area contributed by atoms with Gasteiger partial charge in [-0.3, -0.25) is 9.59 Å². The first-order valence-corrected chi connectivity index (χ1v) is 12.4. The second kappa shape index (κ2) is 11.9. The highest BCUT2D eigenvalue weighted by atomic mass is 16.5. The summed E-state index contributed by atoms with van der Waals surface area (Å²) >= 11 is 0. The number of rotatable bonds is 11. The minimum absolute atomic E-state index is 0.0829. The third kappa shape index (κ3) is 6.21. The number of alkyl carbamates (subject to hydrolysis) is 1. The Morgan fingerprint density at radius 3 is 2.06 bits per heavy atom. The molecule has 35 heavy (non-hydrogen) atoms. The highest BCUT2D eigenvalue weighted by molar-refractivity contribution is 5.88. The number of hydrogen-bond donors (Lipinski definition) is 2. The molecule has 0 saturated heterocycles. The van der Waals surface area contributed by atoms with E-state index in [1.165, 1.54) is 4.90 Å². The number of nitrogens with one attached hydrogen (secondary N) is 1. The Bertz CT molecular complexity index is 1010. The summed E-state index contributed by atoms with van der Waals surface area (Å²) in [6.07, 6.45) is 1.18. The molecule has 7 heteroatoms. The Kier molecular flexibility index (Phi) is 8.90. The summed E-state index contributed by atoms with van der Waals surface area (Å²) < 4.78 is 5.65. The molecule has 1 aliphatic rings. The lowest BCUT2D eigenvalue weighted by molar-refractivity contribution is -0.147. The van der Waals surface area contributed by atoms with Gasteiger partial charge in [0.2, 0.25) is 5.91 Å². The monoisotopic (exact) mass is 480 g/mol. The van der Waals surface area contributed by atoms with Crippen LogP contribution >= 0.6 is 0 Å². The first-order chi connectivity index (χ1) is 16.8. The van der Waals surface area contributed by atoms with E-state index in [9.17, 15) is 19.5 Å². The summed E-state index contributed by atoms with van der Waals surface area (Å²) in [4.78, 5) is 39.0. The predicted octanol–water partition coefficient (Wildman–Crippen LogP) is 5.04. The maximum atomic E-state index is 13.3. The molecular formula is C28H36N2O5. The Balaban J connectivity index is 1.73. The largest absolute Gasteiger partial charge is 0.480 e. The van der Waals surface area contributed by atoms with E-state index >= 15 is 0 Å². The second-order valence-electron chi connectivity index (χ2n) is 9.39. The summed E-state index contributed by atoms with van der Waals surface area (Å²) in [6, 6.07) is 15.1. The average molecular weight is 481 g/mol. The zero-order chi connectivity index (χ0) is 25.5. The van der Waals surface area contributed by atoms with Crippen LogP contribution in [0.2, 0.25) is 0 Å². The quantitative estimate of drug-likeness (QED) is 0.470. The van der Waals surface area contributed by atoms with Gasteiger partial charge in [0.15, 0.2) is 0 Å². The molecule has 2 aromatic carbocycles. The van der Waals surface area contributed by atoms with Crippen molar-refractivity contribution in [3.8, 4) is 11.1 Å². The first-order valence-electron chi connectivity index (χ1n) is 12.4. The number of ether oxygens (including phenoxy) is 1. The van der Waals surface area contributed by atoms with Crippen molar-refractivity contribution in [2.24, 2.45) is 5.92 Å². The van der Waals surface area contributed by atoms with Crippen molar-refractivity contribution in [2.45, 2.75) is 65.0 Å². The van der Waals surface area contributed by atoms with Crippen LogP contribution in [0.15, 0.2) is 48.5 Å². The molecule has 0 heterocycles. The molecule has 3 unspecified atom stereocenters. The van der Waals surface area contributed by atoms with E-state index in [1.54, 1.807) is 0 Å². The average Bonchev–Trinajstić information content (AvgIpc) is 3.18. The van der Waals surface area contributed by atoms with Crippen LogP contribution in [0.4, 0.5) is 4.79 Å². The maximum Gasteiger partial charge on any atom is 0.407 e. The van der Waals surface area contributed by atoms with Gasteiger partial charge in [-0.2, -0.15) is 0 Å². The number of aliphatic carboxylic acids is 1. The third-order valence-corrected chi connectivity index (χ3v) is 6.98. The van der Waals surface area contributed by atoms with E-state index in [1.807, 2.05) is 64.1 Å². The third-order valence-electron chi connectivity index (χ3n) is 6.98. The Morgan fingerprint density at radius 2 is 1.54 bits per heavy atom. The molecule has 0 bridgehead atoms. The van der Waals surface area contributed by atoms with Gasteiger partial charge < -0.3 is 20.1 Å². The van der Waals surface area contributed by atoms with Crippen LogP contribution in [0, 0.1) is 5.92 Å². The number of fused-ring (bicyclic) bond motifs is 3. The minimum Gasteiger partial charge on any atom is -0.480 e. The predicted molar refractivity (Wildman–Crippen MR) is 135 cm³/mol. The van der Waals surface area contributed by atoms with Crippen LogP contribution < -0.4 is 5.32 Å². The molecule has 3 rings (SSSR count). The molecule has 0 fully saturated rings. The fraction of sp³-hybridized carbons (Fsp3) is 0.464. The van der Waals surface area contributed by atoms with Crippen LogP contribution in [0.1, 0.15) is 64.0 Å². The van der Waals surface area contributed by atoms with Gasteiger partial charge in [0.1, 0.15) is 19.2 Å². The molecule has 0 spiro atoms. The normalized spacial score (nSPS) is 14.9. The number of hydrogen-bond acceptors (Lipinski definition) is 4. The lowest BCUT2D eigenvalue weighted by Gasteiger charge is -2.32. The van der Waals surface area contributed by atoms with Gasteiger partial charge in [-0.25, -0.2) is 4.79 Å². The molecule has 2 amide bonds. The van der Waals surface area contributed by atoms with E-state index < -0.39 is 30.6 Å². The molecule has 0 aliphatic heterocycles. The number of carbonyl (C=O) groups is 3. The van der Waals surface area contributed by atoms with Crippen LogP contribution in [-0.2, 0) is 14.3 Å². The van der Waals surface area contributed by atoms with Crippen molar-refractivity contribution in [3.05, 3.63) is 59.7 Å². The number of carboxylic acids is 1. The van der Waals surface area contributed by atoms with E-state index in [4.69, 9.17) is 4.74 Å². The molecule has 2 N–H and O–H groups in total. The van der Waals surface area contributed by atoms with Crippen molar-refractivity contribution in [3.63, 3.8) is 0 Å². The van der Waals surface area contributed by atoms with E-state index in [-0.39, 0.29) is 24.5 Å². The van der Waals surface area contributed by atoms with Gasteiger partial charge in [0.05, 0.1) is 0 Å². The van der Waals surface area contributed by atoms with Gasteiger partial charge in [0.25, 0.3) is 0 Å². The van der Waals surface area contributed by atoms with Crippen molar-refractivity contribution < 1.29 is 24.2 Å². The highest BCUT2D eigenvalue weighted by Gasteiger charge is 2.33. The molecule has 1 aliphatic carbocycles. The fourth-order valence-electron chi connectivity index (χ4n) is 4.59. The first kappa shape index (κ1) is 26.3. The van der Waals surface area contributed by atoms with Crippen LogP contribution in [0.25, 0.3) is 11.1 Å². The molecule has 0 radical (unpaired) electrons. The van der Waals surface area contributed by atoms with Crippen LogP contribution in [0.5, 0.6) is 0 Å². The summed E-state index contributed by atoms with van der Waals surface area (Å²) in [5.74, 6) is -1.39. The Labute approximate surface area is 207 Å². The maximum absolute atomic E-state index is 13.3. The molecule has 0 aromatic heterocycles. The minimum atomic E-state index is -1.08. The number of amides is 2. The Hall–Kier alpha value is -3.35. The lowest BCUT2D eigenvalue weighted by Crippen LogP contribution is -2.53. The van der Waals surface area contributed by atoms with Crippen LogP contribution in [-0.4, -0.2) is 53.2 Å². The van der Waals surface area contributed by atoms with Crippen molar-refractivity contribution in [1.82, 2.24) is 10.2 Å². The van der Waals surface area contributed by atoms with Gasteiger partial charge >= 0.3 is 12.1 Å². The van der Waals surface area contributed by atoms with Gasteiger partial charge in [-0.05, 0) is 47.9 Å². The van der Waals surface area contributed by atoms with Crippen LogP contribution in [0.3, 0.4) is 0 Å². The second-order valence-corrected chi connectivity index (χ2v) is 9.39. The summed E-state index contributed by atoms with van der Waals surface area (Å²) in [6.45, 7) is 7.48. The number of benzene rings is 2. The fourth-order valence-corrected chi connectivity index (χ4v) is 4.59. The van der Waals surface area contributed by atoms with Crippen molar-refractivity contribution in [2.75, 3.05) is 13.2 Å². The molecule has 188 valence electrons. The highest BCUT2D eigenvalue weighted by Crippen LogP contribution is 2.44.